The highest BCUT2D eigenvalue weighted by Crippen LogP contribution is 2.01. The van der Waals surface area contributed by atoms with Crippen molar-refractivity contribution in [3.8, 4) is 0 Å². The van der Waals surface area contributed by atoms with Crippen molar-refractivity contribution in [3.63, 3.8) is 0 Å². The lowest BCUT2D eigenvalue weighted by Crippen LogP contribution is -2.00. The minimum Gasteiger partial charge on any atom is -0.323 e. The first-order valence-corrected chi connectivity index (χ1v) is 3.46. The number of hydrogen-bond donors (Lipinski definition) is 0. The zero-order valence-electron chi connectivity index (χ0n) is 5.98. The van der Waals surface area contributed by atoms with Gasteiger partial charge in [0.1, 0.15) is 0 Å². The van der Waals surface area contributed by atoms with Crippen molar-refractivity contribution in [1.29, 1.82) is 0 Å². The summed E-state index contributed by atoms with van der Waals surface area (Å²) < 4.78 is 26.7. The van der Waals surface area contributed by atoms with Gasteiger partial charge in [0.2, 0.25) is 0 Å². The predicted octanol–water partition coefficient (Wildman–Crippen LogP) is 2.62. The molecular weight excluding hydrogens is 138 g/mol. The van der Waals surface area contributed by atoms with Crippen molar-refractivity contribution in [3.05, 3.63) is 6.92 Å². The fraction of sp³-hybridized carbons (Fsp3) is 0.857. The third-order valence-corrected chi connectivity index (χ3v) is 1.14. The fourth-order valence-corrected chi connectivity index (χ4v) is 0.628. The van der Waals surface area contributed by atoms with Crippen molar-refractivity contribution in [1.82, 2.24) is 0 Å². The van der Waals surface area contributed by atoms with Crippen LogP contribution in [0.4, 0.5) is 8.78 Å². The summed E-state index contributed by atoms with van der Waals surface area (Å²) in [7, 11) is 0. The van der Waals surface area contributed by atoms with Gasteiger partial charge in [-0.3, -0.25) is 0 Å². The van der Waals surface area contributed by atoms with E-state index in [1.165, 1.54) is 0 Å². The first-order chi connectivity index (χ1) is 4.77. The Bertz CT molecular complexity index is 66.6. The molecule has 1 radical (unpaired) electrons. The molecule has 10 heavy (non-hydrogen) atoms. The molecule has 0 aromatic heterocycles. The van der Waals surface area contributed by atoms with Crippen LogP contribution in [0, 0.1) is 6.92 Å². The SMILES string of the molecule is [CH2]CCCCCOC(F)F. The Labute approximate surface area is 60.4 Å². The van der Waals surface area contributed by atoms with Crippen LogP contribution < -0.4 is 0 Å². The molecule has 0 spiro atoms. The molecule has 1 nitrogen and oxygen atoms in total. The van der Waals surface area contributed by atoms with Gasteiger partial charge < -0.3 is 4.74 Å². The summed E-state index contributed by atoms with van der Waals surface area (Å²) >= 11 is 0. The lowest BCUT2D eigenvalue weighted by atomic mass is 10.2. The Morgan fingerprint density at radius 3 is 2.40 bits per heavy atom. The van der Waals surface area contributed by atoms with Crippen molar-refractivity contribution in [2.24, 2.45) is 0 Å². The maximum atomic E-state index is 11.3. The fourth-order valence-electron chi connectivity index (χ4n) is 0.628. The topological polar surface area (TPSA) is 9.23 Å². The molecule has 0 saturated heterocycles. The summed E-state index contributed by atoms with van der Waals surface area (Å²) in [5.41, 5.74) is 0. The molecule has 0 rings (SSSR count). The van der Waals surface area contributed by atoms with Crippen LogP contribution in [0.15, 0.2) is 0 Å². The first kappa shape index (κ1) is 9.82. The first-order valence-electron chi connectivity index (χ1n) is 3.46. The molecule has 0 aromatic carbocycles. The Balaban J connectivity index is 2.77. The third-order valence-electron chi connectivity index (χ3n) is 1.14. The molecule has 0 aliphatic heterocycles. The van der Waals surface area contributed by atoms with E-state index in [1.54, 1.807) is 0 Å². The van der Waals surface area contributed by atoms with Crippen LogP contribution in [0.2, 0.25) is 0 Å². The Morgan fingerprint density at radius 2 is 1.90 bits per heavy atom. The summed E-state index contributed by atoms with van der Waals surface area (Å²) in [5, 5.41) is 0. The van der Waals surface area contributed by atoms with Gasteiger partial charge in [-0.05, 0) is 6.42 Å². The van der Waals surface area contributed by atoms with Gasteiger partial charge in [0.05, 0.1) is 6.61 Å². The van der Waals surface area contributed by atoms with Crippen LogP contribution in [-0.4, -0.2) is 13.2 Å². The highest BCUT2D eigenvalue weighted by molar-refractivity contribution is 4.42. The van der Waals surface area contributed by atoms with Gasteiger partial charge in [0, 0.05) is 0 Å². The van der Waals surface area contributed by atoms with Crippen molar-refractivity contribution < 1.29 is 13.5 Å². The van der Waals surface area contributed by atoms with Crippen LogP contribution in [0.25, 0.3) is 0 Å². The standard InChI is InChI=1S/C7H13F2O/c1-2-3-4-5-6-10-7(8)9/h7H,1-6H2. The van der Waals surface area contributed by atoms with Gasteiger partial charge >= 0.3 is 6.61 Å². The highest BCUT2D eigenvalue weighted by Gasteiger charge is 1.98. The average Bonchev–Trinajstić information content (AvgIpc) is 1.87. The molecule has 0 aliphatic carbocycles. The van der Waals surface area contributed by atoms with E-state index in [-0.39, 0.29) is 6.61 Å². The predicted molar refractivity (Wildman–Crippen MR) is 35.8 cm³/mol. The lowest BCUT2D eigenvalue weighted by molar-refractivity contribution is -0.129. The van der Waals surface area contributed by atoms with E-state index in [2.05, 4.69) is 11.7 Å². The van der Waals surface area contributed by atoms with E-state index in [4.69, 9.17) is 0 Å². The van der Waals surface area contributed by atoms with E-state index in [9.17, 15) is 8.78 Å². The second-order valence-electron chi connectivity index (χ2n) is 2.05. The zero-order valence-corrected chi connectivity index (χ0v) is 5.98. The molecule has 61 valence electrons. The third kappa shape index (κ3) is 7.82. The van der Waals surface area contributed by atoms with Gasteiger partial charge in [-0.2, -0.15) is 8.78 Å². The van der Waals surface area contributed by atoms with E-state index in [1.807, 2.05) is 0 Å². The van der Waals surface area contributed by atoms with Crippen molar-refractivity contribution in [2.45, 2.75) is 32.3 Å². The number of alkyl halides is 2. The van der Waals surface area contributed by atoms with Crippen LogP contribution in [0.3, 0.4) is 0 Å². The summed E-state index contributed by atoms with van der Waals surface area (Å²) in [4.78, 5) is 0. The molecule has 0 unspecified atom stereocenters. The zero-order chi connectivity index (χ0) is 7.82. The Hall–Kier alpha value is -0.180. The molecule has 0 N–H and O–H groups in total. The largest absolute Gasteiger partial charge is 0.345 e. The molecule has 0 heterocycles. The average molecular weight is 151 g/mol. The number of rotatable bonds is 6. The van der Waals surface area contributed by atoms with Crippen LogP contribution in [0.5, 0.6) is 0 Å². The molecular formula is C7H13F2O. The van der Waals surface area contributed by atoms with Gasteiger partial charge in [-0.15, -0.1) is 0 Å². The summed E-state index contributed by atoms with van der Waals surface area (Å²) in [5.74, 6) is 0. The molecule has 3 heteroatoms. The minimum atomic E-state index is -2.61. The second-order valence-corrected chi connectivity index (χ2v) is 2.05. The van der Waals surface area contributed by atoms with E-state index in [0.717, 1.165) is 19.3 Å². The highest BCUT2D eigenvalue weighted by atomic mass is 19.3. The Morgan fingerprint density at radius 1 is 1.20 bits per heavy atom. The summed E-state index contributed by atoms with van der Waals surface area (Å²) in [6.07, 6.45) is 3.50. The molecule has 0 aromatic rings. The molecule has 0 aliphatic rings. The number of unbranched alkanes of at least 4 members (excludes halogenated alkanes) is 3. The maximum absolute atomic E-state index is 11.3. The maximum Gasteiger partial charge on any atom is 0.345 e. The quantitative estimate of drug-likeness (QED) is 0.530. The monoisotopic (exact) mass is 151 g/mol. The van der Waals surface area contributed by atoms with E-state index < -0.39 is 6.61 Å². The molecule has 0 atom stereocenters. The number of halogens is 2. The van der Waals surface area contributed by atoms with Crippen molar-refractivity contribution >= 4 is 0 Å². The van der Waals surface area contributed by atoms with Gasteiger partial charge in [0.25, 0.3) is 0 Å². The van der Waals surface area contributed by atoms with Crippen LogP contribution >= 0.6 is 0 Å². The van der Waals surface area contributed by atoms with Crippen LogP contribution in [-0.2, 0) is 4.74 Å². The van der Waals surface area contributed by atoms with Crippen molar-refractivity contribution in [2.75, 3.05) is 6.61 Å². The van der Waals surface area contributed by atoms with Gasteiger partial charge in [-0.25, -0.2) is 0 Å². The normalized spacial score (nSPS) is 10.8. The summed E-state index contributed by atoms with van der Waals surface area (Å²) in [6, 6.07) is 0. The number of hydrogen-bond acceptors (Lipinski definition) is 1. The lowest BCUT2D eigenvalue weighted by Gasteiger charge is -2.00. The van der Waals surface area contributed by atoms with E-state index in [0.29, 0.717) is 6.42 Å². The Kier molecular flexibility index (Phi) is 6.81. The van der Waals surface area contributed by atoms with Gasteiger partial charge in [0.15, 0.2) is 0 Å². The molecule has 0 amide bonds. The molecule has 0 fully saturated rings. The minimum absolute atomic E-state index is 0.164. The molecule has 0 saturated carbocycles. The molecule has 0 bridgehead atoms. The number of ether oxygens (including phenoxy) is 1. The van der Waals surface area contributed by atoms with Crippen LogP contribution in [0.1, 0.15) is 25.7 Å². The van der Waals surface area contributed by atoms with E-state index >= 15 is 0 Å². The summed E-state index contributed by atoms with van der Waals surface area (Å²) in [6.45, 7) is 1.18. The smallest absolute Gasteiger partial charge is 0.323 e. The van der Waals surface area contributed by atoms with Gasteiger partial charge in [-0.1, -0.05) is 26.2 Å². The second kappa shape index (κ2) is 6.93.